The highest BCUT2D eigenvalue weighted by atomic mass is 127. The summed E-state index contributed by atoms with van der Waals surface area (Å²) in [4.78, 5) is 39.1. The number of methoxy groups -OCH3 is 1. The predicted octanol–water partition coefficient (Wildman–Crippen LogP) is 3.93. The minimum absolute atomic E-state index is 0.135. The van der Waals surface area contributed by atoms with Gasteiger partial charge in [-0.05, 0) is 71.3 Å². The Morgan fingerprint density at radius 1 is 1.13 bits per heavy atom. The number of halogens is 1. The van der Waals surface area contributed by atoms with Crippen molar-refractivity contribution in [2.75, 3.05) is 18.6 Å². The van der Waals surface area contributed by atoms with Crippen LogP contribution in [0.5, 0.6) is 11.5 Å². The molecule has 1 aliphatic rings. The lowest BCUT2D eigenvalue weighted by atomic mass is 10.0. The Hall–Kier alpha value is -2.88. The molecule has 0 atom stereocenters. The van der Waals surface area contributed by atoms with Gasteiger partial charge in [-0.3, -0.25) is 14.9 Å². The quantitative estimate of drug-likeness (QED) is 0.355. The number of barbiturate groups is 1. The molecule has 3 rings (SSSR count). The number of nitrogens with one attached hydrogen (secondary N) is 1. The van der Waals surface area contributed by atoms with Crippen molar-refractivity contribution in [2.45, 2.75) is 20.3 Å². The molecule has 156 valence electrons. The Morgan fingerprint density at radius 2 is 1.87 bits per heavy atom. The summed E-state index contributed by atoms with van der Waals surface area (Å²) in [6.45, 7) is 4.22. The maximum absolute atomic E-state index is 13.2. The summed E-state index contributed by atoms with van der Waals surface area (Å²) in [7, 11) is 1.55. The van der Waals surface area contributed by atoms with E-state index in [4.69, 9.17) is 9.47 Å². The second-order valence-corrected chi connectivity index (χ2v) is 7.57. The highest BCUT2D eigenvalue weighted by molar-refractivity contribution is 14.1. The van der Waals surface area contributed by atoms with Gasteiger partial charge in [0.1, 0.15) is 5.57 Å². The molecular formula is C22H21IN2O5. The smallest absolute Gasteiger partial charge is 0.335 e. The van der Waals surface area contributed by atoms with E-state index in [-0.39, 0.29) is 5.57 Å². The van der Waals surface area contributed by atoms with Crippen LogP contribution in [0.15, 0.2) is 42.0 Å². The van der Waals surface area contributed by atoms with E-state index in [1.54, 1.807) is 31.4 Å². The highest BCUT2D eigenvalue weighted by Gasteiger charge is 2.37. The summed E-state index contributed by atoms with van der Waals surface area (Å²) >= 11 is 2.10. The average Bonchev–Trinajstić information content (AvgIpc) is 2.71. The number of anilines is 1. The number of benzene rings is 2. The van der Waals surface area contributed by atoms with Crippen LogP contribution in [-0.4, -0.2) is 31.6 Å². The first kappa shape index (κ1) is 21.8. The lowest BCUT2D eigenvalue weighted by molar-refractivity contribution is -0.122. The number of amides is 4. The zero-order valence-electron chi connectivity index (χ0n) is 16.8. The number of para-hydroxylation sites is 1. The van der Waals surface area contributed by atoms with E-state index in [2.05, 4.69) is 27.9 Å². The highest BCUT2D eigenvalue weighted by Crippen LogP contribution is 2.35. The Kier molecular flexibility index (Phi) is 6.76. The van der Waals surface area contributed by atoms with Crippen LogP contribution >= 0.6 is 22.6 Å². The summed E-state index contributed by atoms with van der Waals surface area (Å²) in [5.74, 6) is -0.327. The first-order valence-electron chi connectivity index (χ1n) is 9.40. The van der Waals surface area contributed by atoms with E-state index < -0.39 is 17.8 Å². The number of hydrogen-bond donors (Lipinski definition) is 1. The number of urea groups is 1. The minimum Gasteiger partial charge on any atom is -0.492 e. The molecule has 0 unspecified atom stereocenters. The van der Waals surface area contributed by atoms with Crippen LogP contribution in [0.4, 0.5) is 10.5 Å². The molecule has 0 aliphatic carbocycles. The summed E-state index contributed by atoms with van der Waals surface area (Å²) in [5, 5.41) is 2.26. The SMILES string of the molecule is CCOc1cc(/C=C2/C(=O)NC(=O)N(c3ccccc3CC)C2=O)cc(I)c1OC. The van der Waals surface area contributed by atoms with E-state index in [0.29, 0.717) is 35.8 Å². The number of aryl methyl sites for hydroxylation is 1. The van der Waals surface area contributed by atoms with Gasteiger partial charge in [-0.25, -0.2) is 9.69 Å². The van der Waals surface area contributed by atoms with Gasteiger partial charge in [-0.2, -0.15) is 0 Å². The van der Waals surface area contributed by atoms with Crippen LogP contribution in [0, 0.1) is 3.57 Å². The molecule has 1 N–H and O–H groups in total. The fourth-order valence-electron chi connectivity index (χ4n) is 3.20. The number of nitrogens with zero attached hydrogens (tertiary/aromatic N) is 1. The van der Waals surface area contributed by atoms with Crippen molar-refractivity contribution in [3.8, 4) is 11.5 Å². The van der Waals surface area contributed by atoms with Gasteiger partial charge in [0, 0.05) is 0 Å². The summed E-state index contributed by atoms with van der Waals surface area (Å²) in [5.41, 5.74) is 1.73. The largest absolute Gasteiger partial charge is 0.492 e. The molecule has 0 spiro atoms. The van der Waals surface area contributed by atoms with Gasteiger partial charge in [0.2, 0.25) is 0 Å². The molecule has 0 aromatic heterocycles. The van der Waals surface area contributed by atoms with Gasteiger partial charge in [-0.1, -0.05) is 25.1 Å². The van der Waals surface area contributed by atoms with Crippen molar-refractivity contribution in [1.29, 1.82) is 0 Å². The third-order valence-electron chi connectivity index (χ3n) is 4.56. The van der Waals surface area contributed by atoms with Gasteiger partial charge in [0.15, 0.2) is 11.5 Å². The maximum Gasteiger partial charge on any atom is 0.335 e. The first-order valence-corrected chi connectivity index (χ1v) is 10.5. The Balaban J connectivity index is 2.07. The van der Waals surface area contributed by atoms with Gasteiger partial charge < -0.3 is 9.47 Å². The Labute approximate surface area is 188 Å². The zero-order valence-corrected chi connectivity index (χ0v) is 19.0. The third kappa shape index (κ3) is 4.18. The van der Waals surface area contributed by atoms with Gasteiger partial charge >= 0.3 is 6.03 Å². The van der Waals surface area contributed by atoms with E-state index in [0.717, 1.165) is 14.0 Å². The van der Waals surface area contributed by atoms with Crippen LogP contribution in [0.25, 0.3) is 6.08 Å². The second-order valence-electron chi connectivity index (χ2n) is 6.41. The molecule has 4 amide bonds. The van der Waals surface area contributed by atoms with E-state index in [1.807, 2.05) is 26.0 Å². The molecule has 1 heterocycles. The number of rotatable bonds is 6. The van der Waals surface area contributed by atoms with Crippen LogP contribution in [-0.2, 0) is 16.0 Å². The third-order valence-corrected chi connectivity index (χ3v) is 5.36. The van der Waals surface area contributed by atoms with Crippen LogP contribution in [0.2, 0.25) is 0 Å². The monoisotopic (exact) mass is 520 g/mol. The fourth-order valence-corrected chi connectivity index (χ4v) is 4.05. The molecule has 1 saturated heterocycles. The van der Waals surface area contributed by atoms with Crippen molar-refractivity contribution < 1.29 is 23.9 Å². The number of ether oxygens (including phenoxy) is 2. The average molecular weight is 520 g/mol. The molecule has 0 saturated carbocycles. The minimum atomic E-state index is -0.762. The van der Waals surface area contributed by atoms with Crippen LogP contribution < -0.4 is 19.7 Å². The Morgan fingerprint density at radius 3 is 2.53 bits per heavy atom. The van der Waals surface area contributed by atoms with Crippen molar-refractivity contribution in [3.05, 3.63) is 56.7 Å². The molecule has 2 aromatic rings. The molecule has 0 radical (unpaired) electrons. The Bertz CT molecular complexity index is 1050. The van der Waals surface area contributed by atoms with Crippen LogP contribution in [0.1, 0.15) is 25.0 Å². The maximum atomic E-state index is 13.2. The second kappa shape index (κ2) is 9.29. The van der Waals surface area contributed by atoms with Crippen molar-refractivity contribution in [1.82, 2.24) is 5.32 Å². The fraction of sp³-hybridized carbons (Fsp3) is 0.227. The van der Waals surface area contributed by atoms with Gasteiger partial charge in [-0.15, -0.1) is 0 Å². The zero-order chi connectivity index (χ0) is 21.8. The number of imide groups is 2. The lowest BCUT2D eigenvalue weighted by Crippen LogP contribution is -2.54. The van der Waals surface area contributed by atoms with E-state index in [9.17, 15) is 14.4 Å². The van der Waals surface area contributed by atoms with E-state index >= 15 is 0 Å². The molecular weight excluding hydrogens is 499 g/mol. The van der Waals surface area contributed by atoms with E-state index in [1.165, 1.54) is 6.08 Å². The molecule has 2 aromatic carbocycles. The molecule has 0 bridgehead atoms. The molecule has 8 heteroatoms. The van der Waals surface area contributed by atoms with Gasteiger partial charge in [0.25, 0.3) is 11.8 Å². The number of carbonyl (C=O) groups is 3. The summed E-state index contributed by atoms with van der Waals surface area (Å²) in [6, 6.07) is 9.82. The standard InChI is InChI=1S/C22H21IN2O5/c1-4-14-8-6-7-9-17(14)25-21(27)15(20(26)24-22(25)28)10-13-11-16(23)19(29-3)18(12-13)30-5-2/h6-12H,4-5H2,1-3H3,(H,24,26,28)/b15-10-. The number of hydrogen-bond acceptors (Lipinski definition) is 5. The normalized spacial score (nSPS) is 15.4. The molecule has 1 aliphatic heterocycles. The predicted molar refractivity (Wildman–Crippen MR) is 122 cm³/mol. The molecule has 7 nitrogen and oxygen atoms in total. The topological polar surface area (TPSA) is 84.9 Å². The summed E-state index contributed by atoms with van der Waals surface area (Å²) < 4.78 is 11.8. The van der Waals surface area contributed by atoms with Crippen molar-refractivity contribution in [3.63, 3.8) is 0 Å². The van der Waals surface area contributed by atoms with Crippen molar-refractivity contribution >= 4 is 52.2 Å². The lowest BCUT2D eigenvalue weighted by Gasteiger charge is -2.28. The van der Waals surface area contributed by atoms with Gasteiger partial charge in [0.05, 0.1) is 23.0 Å². The molecule has 1 fully saturated rings. The van der Waals surface area contributed by atoms with Crippen molar-refractivity contribution in [2.24, 2.45) is 0 Å². The first-order chi connectivity index (χ1) is 14.4. The summed E-state index contributed by atoms with van der Waals surface area (Å²) in [6.07, 6.45) is 2.09. The molecule has 30 heavy (non-hydrogen) atoms. The number of carbonyl (C=O) groups excluding carboxylic acids is 3. The van der Waals surface area contributed by atoms with Crippen LogP contribution in [0.3, 0.4) is 0 Å².